The minimum absolute atomic E-state index is 0.125. The standard InChI is InChI=1S/C45H30N4OS/c1-3-12-27(13-4-1)43-46-44(28-14-5-2-6-15-28)48-45(47-43)35-18-11-20-37-40(35)34-23-22-29(26-38(34)50-37)49-36-19-9-7-16-30(36)32-24-25-33-31-17-8-10-21-39(31)51-42(33)41(32)49/h1-14,16-26,28,43H,15H2,(H,46,47,48). The molecule has 1 N–H and O–H groups in total. The molecule has 4 heterocycles. The van der Waals surface area contributed by atoms with E-state index in [2.05, 4.69) is 156 Å². The van der Waals surface area contributed by atoms with Crippen molar-refractivity contribution in [3.05, 3.63) is 163 Å². The van der Waals surface area contributed by atoms with Gasteiger partial charge in [-0.3, -0.25) is 0 Å². The molecule has 3 aromatic heterocycles. The number of nitrogens with one attached hydrogen (secondary N) is 1. The minimum atomic E-state index is -0.242. The van der Waals surface area contributed by atoms with Crippen molar-refractivity contribution in [2.24, 2.45) is 15.9 Å². The van der Waals surface area contributed by atoms with Gasteiger partial charge in [0, 0.05) is 60.3 Å². The van der Waals surface area contributed by atoms with Crippen LogP contribution in [0.4, 0.5) is 0 Å². The molecule has 0 radical (unpaired) electrons. The third-order valence-corrected chi connectivity index (χ3v) is 11.6. The maximum absolute atomic E-state index is 6.69. The van der Waals surface area contributed by atoms with Crippen LogP contribution in [0.1, 0.15) is 23.7 Å². The van der Waals surface area contributed by atoms with E-state index in [9.17, 15) is 0 Å². The van der Waals surface area contributed by atoms with Crippen LogP contribution in [0, 0.1) is 5.92 Å². The zero-order valence-corrected chi connectivity index (χ0v) is 28.3. The Kier molecular flexibility index (Phi) is 6.24. The van der Waals surface area contributed by atoms with Crippen LogP contribution >= 0.6 is 11.3 Å². The summed E-state index contributed by atoms with van der Waals surface area (Å²) in [6.45, 7) is 0. The summed E-state index contributed by atoms with van der Waals surface area (Å²) in [6.07, 6.45) is 9.21. The molecular formula is C45H30N4OS. The molecule has 0 spiro atoms. The second kappa shape index (κ2) is 11.1. The monoisotopic (exact) mass is 674 g/mol. The van der Waals surface area contributed by atoms with E-state index >= 15 is 0 Å². The second-order valence-corrected chi connectivity index (χ2v) is 14.4. The summed E-state index contributed by atoms with van der Waals surface area (Å²) in [7, 11) is 0. The van der Waals surface area contributed by atoms with E-state index in [1.807, 2.05) is 17.4 Å². The molecule has 0 saturated carbocycles. The van der Waals surface area contributed by atoms with Crippen LogP contribution in [-0.2, 0) is 0 Å². The Labute approximate surface area is 297 Å². The highest BCUT2D eigenvalue weighted by molar-refractivity contribution is 7.26. The van der Waals surface area contributed by atoms with Gasteiger partial charge in [0.15, 0.2) is 0 Å². The lowest BCUT2D eigenvalue weighted by molar-refractivity contribution is 0.658. The summed E-state index contributed by atoms with van der Waals surface area (Å²) < 4.78 is 11.7. The molecular weight excluding hydrogens is 645 g/mol. The van der Waals surface area contributed by atoms with Crippen molar-refractivity contribution < 1.29 is 4.42 Å². The molecule has 0 bridgehead atoms. The smallest absolute Gasteiger partial charge is 0.147 e. The van der Waals surface area contributed by atoms with Crippen LogP contribution in [-0.4, -0.2) is 16.2 Å². The Bertz CT molecular complexity index is 2990. The fraction of sp³-hybridized carbons (Fsp3) is 0.0667. The van der Waals surface area contributed by atoms with Gasteiger partial charge in [-0.15, -0.1) is 11.3 Å². The van der Waals surface area contributed by atoms with E-state index in [0.717, 1.165) is 56.8 Å². The third-order valence-electron chi connectivity index (χ3n) is 10.4. The SMILES string of the molecule is C1=CCC(C2=NC(c3ccccc3)NC(c3cccc4oc5cc(-n6c7ccccc7c7ccc8c9ccccc9sc8c76)ccc5c34)=N2)C=C1. The zero-order valence-electron chi connectivity index (χ0n) is 27.5. The van der Waals surface area contributed by atoms with Crippen molar-refractivity contribution >= 4 is 86.9 Å². The minimum Gasteiger partial charge on any atom is -0.456 e. The van der Waals surface area contributed by atoms with Crippen LogP contribution in [0.3, 0.4) is 0 Å². The Hall–Kier alpha value is -6.24. The molecule has 11 rings (SSSR count). The molecule has 1 aliphatic heterocycles. The fourth-order valence-electron chi connectivity index (χ4n) is 8.00. The normalized spacial score (nSPS) is 17.6. The number of hydrogen-bond donors (Lipinski definition) is 1. The van der Waals surface area contributed by atoms with Gasteiger partial charge in [0.05, 0.1) is 15.7 Å². The van der Waals surface area contributed by atoms with Gasteiger partial charge in [-0.25, -0.2) is 9.98 Å². The number of amidine groups is 2. The van der Waals surface area contributed by atoms with E-state index in [0.29, 0.717) is 0 Å². The molecule has 1 aliphatic carbocycles. The van der Waals surface area contributed by atoms with E-state index in [1.165, 1.54) is 42.0 Å². The Morgan fingerprint density at radius 1 is 0.706 bits per heavy atom. The largest absolute Gasteiger partial charge is 0.456 e. The highest BCUT2D eigenvalue weighted by Crippen LogP contribution is 2.43. The molecule has 2 atom stereocenters. The average Bonchev–Trinajstić information content (AvgIpc) is 3.87. The summed E-state index contributed by atoms with van der Waals surface area (Å²) in [5.41, 5.74) is 7.27. The first kappa shape index (κ1) is 28.6. The number of allylic oxidation sites excluding steroid dienone is 3. The number of nitrogens with zero attached hydrogens (tertiary/aromatic N) is 3. The number of furan rings is 1. The molecule has 6 aromatic carbocycles. The Morgan fingerprint density at radius 2 is 1.53 bits per heavy atom. The summed E-state index contributed by atoms with van der Waals surface area (Å²) in [4.78, 5) is 10.3. The van der Waals surface area contributed by atoms with Crippen molar-refractivity contribution in [3.8, 4) is 5.69 Å². The van der Waals surface area contributed by atoms with Gasteiger partial charge in [-0.1, -0.05) is 115 Å². The highest BCUT2D eigenvalue weighted by Gasteiger charge is 2.26. The van der Waals surface area contributed by atoms with Gasteiger partial charge in [-0.05, 0) is 42.3 Å². The summed E-state index contributed by atoms with van der Waals surface area (Å²) in [5, 5.41) is 10.9. The molecule has 5 nitrogen and oxygen atoms in total. The van der Waals surface area contributed by atoms with Crippen molar-refractivity contribution in [2.75, 3.05) is 0 Å². The molecule has 242 valence electrons. The van der Waals surface area contributed by atoms with Crippen molar-refractivity contribution in [1.82, 2.24) is 9.88 Å². The predicted molar refractivity (Wildman–Crippen MR) is 214 cm³/mol. The quantitative estimate of drug-likeness (QED) is 0.202. The fourth-order valence-corrected chi connectivity index (χ4v) is 9.24. The van der Waals surface area contributed by atoms with Crippen LogP contribution in [0.25, 0.3) is 69.6 Å². The Morgan fingerprint density at radius 3 is 2.43 bits per heavy atom. The lowest BCUT2D eigenvalue weighted by atomic mass is 9.98. The maximum Gasteiger partial charge on any atom is 0.147 e. The molecule has 0 amide bonds. The number of rotatable bonds is 4. The average molecular weight is 675 g/mol. The number of benzene rings is 6. The van der Waals surface area contributed by atoms with Crippen LogP contribution < -0.4 is 5.32 Å². The van der Waals surface area contributed by atoms with Gasteiger partial charge in [0.1, 0.15) is 29.0 Å². The molecule has 51 heavy (non-hydrogen) atoms. The lowest BCUT2D eigenvalue weighted by Gasteiger charge is -2.26. The predicted octanol–water partition coefficient (Wildman–Crippen LogP) is 11.6. The molecule has 2 aliphatic rings. The van der Waals surface area contributed by atoms with E-state index in [-0.39, 0.29) is 12.1 Å². The number of thiophene rings is 1. The van der Waals surface area contributed by atoms with Crippen LogP contribution in [0.15, 0.2) is 166 Å². The molecule has 0 fully saturated rings. The van der Waals surface area contributed by atoms with Crippen molar-refractivity contribution in [1.29, 1.82) is 0 Å². The third kappa shape index (κ3) is 4.40. The lowest BCUT2D eigenvalue weighted by Crippen LogP contribution is -2.35. The first-order chi connectivity index (χ1) is 25.3. The summed E-state index contributed by atoms with van der Waals surface area (Å²) >= 11 is 1.87. The summed E-state index contributed by atoms with van der Waals surface area (Å²) in [5.74, 6) is 1.77. The number of fused-ring (bicyclic) bond motifs is 10. The number of para-hydroxylation sites is 1. The first-order valence-electron chi connectivity index (χ1n) is 17.4. The second-order valence-electron chi connectivity index (χ2n) is 13.3. The number of aliphatic imine (C=N–C) groups is 2. The van der Waals surface area contributed by atoms with Crippen molar-refractivity contribution in [2.45, 2.75) is 12.6 Å². The molecule has 2 unspecified atom stereocenters. The maximum atomic E-state index is 6.69. The van der Waals surface area contributed by atoms with Gasteiger partial charge >= 0.3 is 0 Å². The van der Waals surface area contributed by atoms with E-state index in [4.69, 9.17) is 14.4 Å². The van der Waals surface area contributed by atoms with Gasteiger partial charge < -0.3 is 14.3 Å². The van der Waals surface area contributed by atoms with E-state index in [1.54, 1.807) is 0 Å². The summed E-state index contributed by atoms with van der Waals surface area (Å²) in [6, 6.07) is 45.3. The number of aromatic nitrogens is 1. The van der Waals surface area contributed by atoms with E-state index < -0.39 is 0 Å². The first-order valence-corrected chi connectivity index (χ1v) is 18.2. The molecule has 0 saturated heterocycles. The van der Waals surface area contributed by atoms with Crippen LogP contribution in [0.2, 0.25) is 0 Å². The topological polar surface area (TPSA) is 54.8 Å². The molecule has 9 aromatic rings. The highest BCUT2D eigenvalue weighted by atomic mass is 32.1. The van der Waals surface area contributed by atoms with Gasteiger partial charge in [0.2, 0.25) is 0 Å². The van der Waals surface area contributed by atoms with Crippen LogP contribution in [0.5, 0.6) is 0 Å². The van der Waals surface area contributed by atoms with Gasteiger partial charge in [0.25, 0.3) is 0 Å². The Balaban J connectivity index is 1.10. The van der Waals surface area contributed by atoms with Gasteiger partial charge in [-0.2, -0.15) is 0 Å². The number of hydrogen-bond acceptors (Lipinski definition) is 5. The van der Waals surface area contributed by atoms with Crippen molar-refractivity contribution in [3.63, 3.8) is 0 Å². The zero-order chi connectivity index (χ0) is 33.5. The molecule has 6 heteroatoms.